The molecule has 4 heteroatoms. The molecule has 0 radical (unpaired) electrons. The van der Waals surface area contributed by atoms with Crippen molar-refractivity contribution in [2.45, 2.75) is 47.1 Å². The van der Waals surface area contributed by atoms with Crippen molar-refractivity contribution >= 4 is 18.0 Å². The van der Waals surface area contributed by atoms with E-state index in [1.54, 1.807) is 20.8 Å². The summed E-state index contributed by atoms with van der Waals surface area (Å²) in [5, 5.41) is 0. The summed E-state index contributed by atoms with van der Waals surface area (Å²) >= 11 is 0. The van der Waals surface area contributed by atoms with Gasteiger partial charge in [0.1, 0.15) is 5.60 Å². The average Bonchev–Trinajstić information content (AvgIpc) is 2.08. The summed E-state index contributed by atoms with van der Waals surface area (Å²) in [6, 6.07) is 0. The lowest BCUT2D eigenvalue weighted by atomic mass is 10.2. The van der Waals surface area contributed by atoms with E-state index in [4.69, 9.17) is 4.74 Å². The maximum Gasteiger partial charge on any atom is 0.434 e. The molecule has 0 aromatic heterocycles. The minimum absolute atomic E-state index is 0.503. The van der Waals surface area contributed by atoms with Crippen LogP contribution in [0.4, 0.5) is 4.79 Å². The van der Waals surface area contributed by atoms with E-state index in [2.05, 4.69) is 23.8 Å². The van der Waals surface area contributed by atoms with E-state index in [0.29, 0.717) is 5.92 Å². The number of aliphatic imine (C=N–C) groups is 2. The lowest BCUT2D eigenvalue weighted by Gasteiger charge is -2.16. The zero-order chi connectivity index (χ0) is 12.8. The Morgan fingerprint density at radius 3 is 2.38 bits per heavy atom. The van der Waals surface area contributed by atoms with Crippen LogP contribution in [0.3, 0.4) is 0 Å². The molecule has 0 saturated heterocycles. The highest BCUT2D eigenvalue weighted by atomic mass is 16.6. The highest BCUT2D eigenvalue weighted by molar-refractivity contribution is 6.30. The van der Waals surface area contributed by atoms with E-state index in [-0.39, 0.29) is 0 Å². The van der Waals surface area contributed by atoms with Gasteiger partial charge >= 0.3 is 6.09 Å². The first-order chi connectivity index (χ1) is 7.20. The minimum atomic E-state index is -0.577. The van der Waals surface area contributed by atoms with Crippen LogP contribution in [0, 0.1) is 5.92 Å². The molecule has 4 nitrogen and oxygen atoms in total. The Balaban J connectivity index is 4.18. The molecule has 0 aliphatic carbocycles. The third-order valence-electron chi connectivity index (χ3n) is 1.46. The lowest BCUT2D eigenvalue weighted by molar-refractivity contribution is 0.0605. The summed E-state index contributed by atoms with van der Waals surface area (Å²) in [5.41, 5.74) is 0.233. The minimum Gasteiger partial charge on any atom is -0.442 e. The smallest absolute Gasteiger partial charge is 0.434 e. The highest BCUT2D eigenvalue weighted by Crippen LogP contribution is 2.07. The molecule has 92 valence electrons. The molecule has 16 heavy (non-hydrogen) atoms. The number of nitrogens with zero attached hydrogens (tertiary/aromatic N) is 2. The van der Waals surface area contributed by atoms with Crippen molar-refractivity contribution < 1.29 is 9.53 Å². The molecule has 0 aliphatic heterocycles. The SMILES string of the molecule is CC(C=NC(=O)OC(C)(C)C)=NCC(C)C. The van der Waals surface area contributed by atoms with Gasteiger partial charge in [-0.15, -0.1) is 0 Å². The fourth-order valence-electron chi connectivity index (χ4n) is 0.802. The molecule has 0 heterocycles. The van der Waals surface area contributed by atoms with Crippen LogP contribution in [0.1, 0.15) is 41.5 Å². The summed E-state index contributed by atoms with van der Waals surface area (Å²) in [4.78, 5) is 19.1. The van der Waals surface area contributed by atoms with Crippen molar-refractivity contribution in [1.29, 1.82) is 0 Å². The number of hydrogen-bond acceptors (Lipinski definition) is 3. The monoisotopic (exact) mass is 226 g/mol. The van der Waals surface area contributed by atoms with Gasteiger partial charge in [0, 0.05) is 6.54 Å². The molecular formula is C12H22N2O2. The summed E-state index contributed by atoms with van der Waals surface area (Å²) in [6.45, 7) is 12.1. The van der Waals surface area contributed by atoms with Gasteiger partial charge in [0.25, 0.3) is 0 Å². The topological polar surface area (TPSA) is 51.0 Å². The van der Waals surface area contributed by atoms with Crippen LogP contribution in [0.5, 0.6) is 0 Å². The van der Waals surface area contributed by atoms with Crippen molar-refractivity contribution in [3.05, 3.63) is 0 Å². The van der Waals surface area contributed by atoms with Crippen molar-refractivity contribution in [1.82, 2.24) is 0 Å². The van der Waals surface area contributed by atoms with Crippen LogP contribution in [-0.4, -0.2) is 30.2 Å². The van der Waals surface area contributed by atoms with Crippen LogP contribution in [-0.2, 0) is 4.74 Å². The number of hydrogen-bond donors (Lipinski definition) is 0. The van der Waals surface area contributed by atoms with E-state index < -0.39 is 11.7 Å². The van der Waals surface area contributed by atoms with Crippen molar-refractivity contribution in [2.75, 3.05) is 6.54 Å². The van der Waals surface area contributed by atoms with Gasteiger partial charge in [0.05, 0.1) is 11.9 Å². The zero-order valence-corrected chi connectivity index (χ0v) is 11.1. The number of amides is 1. The van der Waals surface area contributed by atoms with Crippen LogP contribution in [0.15, 0.2) is 9.98 Å². The number of rotatable bonds is 3. The third-order valence-corrected chi connectivity index (χ3v) is 1.46. The predicted molar refractivity (Wildman–Crippen MR) is 67.5 cm³/mol. The van der Waals surface area contributed by atoms with E-state index in [1.165, 1.54) is 6.21 Å². The Bertz CT molecular complexity index is 286. The zero-order valence-electron chi connectivity index (χ0n) is 11.1. The summed E-state index contributed by atoms with van der Waals surface area (Å²) in [7, 11) is 0. The maximum absolute atomic E-state index is 11.2. The summed E-state index contributed by atoms with van der Waals surface area (Å²) < 4.78 is 5.02. The van der Waals surface area contributed by atoms with Gasteiger partial charge in [-0.05, 0) is 33.6 Å². The second-order valence-corrected chi connectivity index (χ2v) is 5.11. The van der Waals surface area contributed by atoms with Crippen molar-refractivity contribution in [3.63, 3.8) is 0 Å². The molecule has 0 N–H and O–H groups in total. The Hall–Kier alpha value is -1.19. The predicted octanol–water partition coefficient (Wildman–Crippen LogP) is 3.11. The van der Waals surface area contributed by atoms with Gasteiger partial charge in [-0.2, -0.15) is 4.99 Å². The molecule has 0 aliphatic rings. The van der Waals surface area contributed by atoms with Gasteiger partial charge in [-0.1, -0.05) is 13.8 Å². The second kappa shape index (κ2) is 6.40. The van der Waals surface area contributed by atoms with E-state index in [0.717, 1.165) is 12.3 Å². The summed E-state index contributed by atoms with van der Waals surface area (Å²) in [5.74, 6) is 0.505. The highest BCUT2D eigenvalue weighted by Gasteiger charge is 2.14. The molecule has 0 atom stereocenters. The Kier molecular flexibility index (Phi) is 5.93. The van der Waals surface area contributed by atoms with Gasteiger partial charge < -0.3 is 4.74 Å². The Morgan fingerprint density at radius 1 is 1.38 bits per heavy atom. The van der Waals surface area contributed by atoms with E-state index >= 15 is 0 Å². The molecule has 0 bridgehead atoms. The normalized spacial score (nSPS) is 13.6. The standard InChI is InChI=1S/C12H22N2O2/c1-9(2)7-13-10(3)8-14-11(15)16-12(4,5)6/h8-9H,7H2,1-6H3. The van der Waals surface area contributed by atoms with Crippen LogP contribution < -0.4 is 0 Å². The van der Waals surface area contributed by atoms with Crippen LogP contribution >= 0.6 is 0 Å². The molecule has 0 aromatic carbocycles. The third kappa shape index (κ3) is 9.37. The quantitative estimate of drug-likeness (QED) is 0.694. The molecule has 1 amide bonds. The Labute approximate surface area is 97.8 Å². The first-order valence-corrected chi connectivity index (χ1v) is 5.49. The first kappa shape index (κ1) is 14.8. The molecule has 0 rings (SSSR count). The largest absolute Gasteiger partial charge is 0.442 e. The molecule has 0 fully saturated rings. The first-order valence-electron chi connectivity index (χ1n) is 5.49. The van der Waals surface area contributed by atoms with Crippen molar-refractivity contribution in [2.24, 2.45) is 15.9 Å². The fourth-order valence-corrected chi connectivity index (χ4v) is 0.802. The van der Waals surface area contributed by atoms with E-state index in [9.17, 15) is 4.79 Å². The van der Waals surface area contributed by atoms with Gasteiger partial charge in [-0.3, -0.25) is 4.99 Å². The van der Waals surface area contributed by atoms with E-state index in [1.807, 2.05) is 6.92 Å². The average molecular weight is 226 g/mol. The maximum atomic E-state index is 11.2. The number of carbonyl (C=O) groups is 1. The summed E-state index contributed by atoms with van der Waals surface area (Å²) in [6.07, 6.45) is 0.864. The van der Waals surface area contributed by atoms with Gasteiger partial charge in [0.2, 0.25) is 0 Å². The van der Waals surface area contributed by atoms with Gasteiger partial charge in [0.15, 0.2) is 0 Å². The molecule has 0 spiro atoms. The Morgan fingerprint density at radius 2 is 1.94 bits per heavy atom. The molecular weight excluding hydrogens is 204 g/mol. The molecule has 0 unspecified atom stereocenters. The molecule has 0 saturated carbocycles. The number of ether oxygens (including phenoxy) is 1. The fraction of sp³-hybridized carbons (Fsp3) is 0.750. The lowest BCUT2D eigenvalue weighted by Crippen LogP contribution is -2.22. The van der Waals surface area contributed by atoms with Gasteiger partial charge in [-0.25, -0.2) is 4.79 Å². The van der Waals surface area contributed by atoms with Crippen LogP contribution in [0.25, 0.3) is 0 Å². The van der Waals surface area contributed by atoms with Crippen molar-refractivity contribution in [3.8, 4) is 0 Å². The second-order valence-electron chi connectivity index (χ2n) is 5.11. The molecule has 0 aromatic rings. The van der Waals surface area contributed by atoms with Crippen LogP contribution in [0.2, 0.25) is 0 Å². The number of carbonyl (C=O) groups excluding carboxylic acids is 1.